The molecule has 2 unspecified atom stereocenters. The first-order valence-electron chi connectivity index (χ1n) is 8.47. The molecular formula is C17H30N2. The first-order valence-corrected chi connectivity index (χ1v) is 8.47. The highest BCUT2D eigenvalue weighted by Crippen LogP contribution is 2.41. The van der Waals surface area contributed by atoms with Crippen molar-refractivity contribution in [1.29, 1.82) is 0 Å². The van der Waals surface area contributed by atoms with Gasteiger partial charge in [-0.1, -0.05) is 52.4 Å². The molecule has 0 saturated heterocycles. The van der Waals surface area contributed by atoms with Gasteiger partial charge in [-0.05, 0) is 38.0 Å². The van der Waals surface area contributed by atoms with Gasteiger partial charge < -0.3 is 0 Å². The standard InChI is InChI=1S/C17H30N2/c1-3-15-10-8-9-13-17(15,4-2)19-14-18-16-11-6-5-7-12-16/h15-16H,3-13H2,1-2H3. The molecule has 2 nitrogen and oxygen atoms in total. The largest absolute Gasteiger partial charge is 0.222 e. The predicted octanol–water partition coefficient (Wildman–Crippen LogP) is 5.24. The molecule has 2 heteroatoms. The fourth-order valence-electron chi connectivity index (χ4n) is 3.99. The number of hydrogen-bond donors (Lipinski definition) is 0. The molecule has 0 N–H and O–H groups in total. The van der Waals surface area contributed by atoms with Crippen molar-refractivity contribution in [3.8, 4) is 0 Å². The minimum atomic E-state index is 0.158. The zero-order chi connectivity index (χ0) is 13.6. The Morgan fingerprint density at radius 2 is 1.74 bits per heavy atom. The molecule has 0 bridgehead atoms. The van der Waals surface area contributed by atoms with Crippen LogP contribution in [0.15, 0.2) is 9.98 Å². The van der Waals surface area contributed by atoms with E-state index in [0.29, 0.717) is 6.04 Å². The molecule has 2 fully saturated rings. The van der Waals surface area contributed by atoms with Crippen LogP contribution in [-0.2, 0) is 0 Å². The monoisotopic (exact) mass is 262 g/mol. The molecule has 0 spiro atoms. The van der Waals surface area contributed by atoms with E-state index in [-0.39, 0.29) is 5.54 Å². The molecule has 2 aliphatic carbocycles. The zero-order valence-electron chi connectivity index (χ0n) is 12.8. The number of rotatable bonds is 4. The Morgan fingerprint density at radius 1 is 1.00 bits per heavy atom. The van der Waals surface area contributed by atoms with Crippen molar-refractivity contribution in [3.05, 3.63) is 0 Å². The quantitative estimate of drug-likeness (QED) is 0.619. The summed E-state index contributed by atoms with van der Waals surface area (Å²) in [5.74, 6) is 0.750. The SMILES string of the molecule is CCC1CCCCC1(CC)N=C=NC1CCCCC1. The minimum Gasteiger partial charge on any atom is -0.222 e. The average Bonchev–Trinajstić information content (AvgIpc) is 2.48. The van der Waals surface area contributed by atoms with Gasteiger partial charge in [0.1, 0.15) is 0 Å². The summed E-state index contributed by atoms with van der Waals surface area (Å²) in [5, 5.41) is 0. The molecular weight excluding hydrogens is 232 g/mol. The molecule has 0 radical (unpaired) electrons. The van der Waals surface area contributed by atoms with Crippen LogP contribution in [0.2, 0.25) is 0 Å². The first-order chi connectivity index (χ1) is 9.30. The number of nitrogens with zero attached hydrogens (tertiary/aromatic N) is 2. The molecule has 19 heavy (non-hydrogen) atoms. The summed E-state index contributed by atoms with van der Waals surface area (Å²) < 4.78 is 0. The van der Waals surface area contributed by atoms with E-state index in [1.165, 1.54) is 64.2 Å². The van der Waals surface area contributed by atoms with Crippen LogP contribution in [-0.4, -0.2) is 17.6 Å². The van der Waals surface area contributed by atoms with E-state index in [9.17, 15) is 0 Å². The summed E-state index contributed by atoms with van der Waals surface area (Å²) in [6, 6.07) is 3.64. The van der Waals surface area contributed by atoms with Gasteiger partial charge in [-0.2, -0.15) is 0 Å². The molecule has 2 rings (SSSR count). The van der Waals surface area contributed by atoms with E-state index in [0.717, 1.165) is 12.3 Å². The van der Waals surface area contributed by atoms with Crippen molar-refractivity contribution in [2.24, 2.45) is 15.9 Å². The van der Waals surface area contributed by atoms with E-state index >= 15 is 0 Å². The van der Waals surface area contributed by atoms with Crippen LogP contribution in [0, 0.1) is 5.92 Å². The Balaban J connectivity index is 2.05. The van der Waals surface area contributed by atoms with Gasteiger partial charge in [0.2, 0.25) is 0 Å². The summed E-state index contributed by atoms with van der Waals surface area (Å²) in [4.78, 5) is 9.49. The Morgan fingerprint density at radius 3 is 2.42 bits per heavy atom. The number of aliphatic imine (C=N–C) groups is 2. The van der Waals surface area contributed by atoms with Gasteiger partial charge in [0.25, 0.3) is 0 Å². The molecule has 0 aromatic rings. The van der Waals surface area contributed by atoms with Gasteiger partial charge in [-0.25, -0.2) is 9.98 Å². The smallest absolute Gasteiger partial charge is 0.0901 e. The second-order valence-electron chi connectivity index (χ2n) is 6.44. The first kappa shape index (κ1) is 14.8. The Kier molecular flexibility index (Phi) is 5.63. The molecule has 2 aliphatic rings. The second-order valence-corrected chi connectivity index (χ2v) is 6.44. The second kappa shape index (κ2) is 7.24. The third kappa shape index (κ3) is 3.69. The van der Waals surface area contributed by atoms with Crippen molar-refractivity contribution in [2.45, 2.75) is 96.1 Å². The molecule has 0 aromatic carbocycles. The average molecular weight is 262 g/mol. The van der Waals surface area contributed by atoms with Gasteiger partial charge in [0.15, 0.2) is 0 Å². The van der Waals surface area contributed by atoms with Crippen molar-refractivity contribution >= 4 is 6.01 Å². The third-order valence-electron chi connectivity index (χ3n) is 5.36. The fraction of sp³-hybridized carbons (Fsp3) is 0.941. The number of hydrogen-bond acceptors (Lipinski definition) is 2. The molecule has 108 valence electrons. The van der Waals surface area contributed by atoms with Crippen LogP contribution < -0.4 is 0 Å². The van der Waals surface area contributed by atoms with Crippen molar-refractivity contribution in [1.82, 2.24) is 0 Å². The van der Waals surface area contributed by atoms with Crippen LogP contribution in [0.25, 0.3) is 0 Å². The highest BCUT2D eigenvalue weighted by molar-refractivity contribution is 5.43. The van der Waals surface area contributed by atoms with Crippen LogP contribution >= 0.6 is 0 Å². The van der Waals surface area contributed by atoms with Crippen LogP contribution in [0.5, 0.6) is 0 Å². The maximum atomic E-state index is 4.86. The lowest BCUT2D eigenvalue weighted by Crippen LogP contribution is -2.38. The zero-order valence-corrected chi connectivity index (χ0v) is 12.8. The normalized spacial score (nSPS) is 32.6. The summed E-state index contributed by atoms with van der Waals surface area (Å²) in [6.07, 6.45) is 14.3. The molecule has 2 saturated carbocycles. The minimum absolute atomic E-state index is 0.158. The van der Waals surface area contributed by atoms with E-state index in [2.05, 4.69) is 24.8 Å². The van der Waals surface area contributed by atoms with Crippen LogP contribution in [0.4, 0.5) is 0 Å². The lowest BCUT2D eigenvalue weighted by Gasteiger charge is -2.39. The third-order valence-corrected chi connectivity index (χ3v) is 5.36. The Labute approximate surface area is 118 Å². The summed E-state index contributed by atoms with van der Waals surface area (Å²) in [5.41, 5.74) is 0.158. The van der Waals surface area contributed by atoms with E-state index in [1.54, 1.807) is 0 Å². The predicted molar refractivity (Wildman–Crippen MR) is 82.0 cm³/mol. The van der Waals surface area contributed by atoms with E-state index in [1.807, 2.05) is 0 Å². The van der Waals surface area contributed by atoms with Gasteiger partial charge in [-0.3, -0.25) is 0 Å². The van der Waals surface area contributed by atoms with Crippen molar-refractivity contribution in [3.63, 3.8) is 0 Å². The maximum absolute atomic E-state index is 4.86. The Bertz CT molecular complexity index is 324. The molecule has 0 aromatic heterocycles. The van der Waals surface area contributed by atoms with Crippen molar-refractivity contribution in [2.75, 3.05) is 0 Å². The van der Waals surface area contributed by atoms with Gasteiger partial charge >= 0.3 is 0 Å². The van der Waals surface area contributed by atoms with Crippen LogP contribution in [0.1, 0.15) is 84.5 Å². The lowest BCUT2D eigenvalue weighted by molar-refractivity contribution is 0.181. The Hall–Kier alpha value is -0.620. The molecule has 2 atom stereocenters. The topological polar surface area (TPSA) is 24.7 Å². The molecule has 0 heterocycles. The molecule has 0 amide bonds. The van der Waals surface area contributed by atoms with Gasteiger partial charge in [0.05, 0.1) is 17.6 Å². The van der Waals surface area contributed by atoms with Crippen molar-refractivity contribution < 1.29 is 0 Å². The molecule has 0 aliphatic heterocycles. The summed E-state index contributed by atoms with van der Waals surface area (Å²) in [6.45, 7) is 4.61. The van der Waals surface area contributed by atoms with E-state index in [4.69, 9.17) is 4.99 Å². The van der Waals surface area contributed by atoms with E-state index < -0.39 is 0 Å². The summed E-state index contributed by atoms with van der Waals surface area (Å²) in [7, 11) is 0. The fourth-order valence-corrected chi connectivity index (χ4v) is 3.99. The van der Waals surface area contributed by atoms with Gasteiger partial charge in [0, 0.05) is 0 Å². The lowest BCUT2D eigenvalue weighted by atomic mass is 9.70. The maximum Gasteiger partial charge on any atom is 0.0901 e. The van der Waals surface area contributed by atoms with Gasteiger partial charge in [-0.15, -0.1) is 0 Å². The van der Waals surface area contributed by atoms with Crippen LogP contribution in [0.3, 0.4) is 0 Å². The highest BCUT2D eigenvalue weighted by Gasteiger charge is 2.37. The highest BCUT2D eigenvalue weighted by atomic mass is 14.9. The summed E-state index contributed by atoms with van der Waals surface area (Å²) >= 11 is 0.